The highest BCUT2D eigenvalue weighted by Gasteiger charge is 2.20. The molecule has 0 unspecified atom stereocenters. The molecule has 4 nitrogen and oxygen atoms in total. The van der Waals surface area contributed by atoms with Gasteiger partial charge in [0.2, 0.25) is 0 Å². The van der Waals surface area contributed by atoms with Gasteiger partial charge in [-0.15, -0.1) is 0 Å². The topological polar surface area (TPSA) is 62.3 Å². The van der Waals surface area contributed by atoms with Crippen molar-refractivity contribution < 1.29 is 4.74 Å². The van der Waals surface area contributed by atoms with Gasteiger partial charge in [-0.2, -0.15) is 5.26 Å². The Balaban J connectivity index is 2.23. The maximum absolute atomic E-state index is 9.13. The normalized spacial score (nSPS) is 16.5. The molecule has 4 heteroatoms. The zero-order valence-corrected chi connectivity index (χ0v) is 10.0. The Morgan fingerprint density at radius 3 is 2.76 bits per heavy atom. The molecule has 1 saturated heterocycles. The number of hydrogen-bond acceptors (Lipinski definition) is 4. The van der Waals surface area contributed by atoms with Crippen LogP contribution < -0.4 is 10.6 Å². The summed E-state index contributed by atoms with van der Waals surface area (Å²) in [5, 5.41) is 9.13. The predicted molar refractivity (Wildman–Crippen MR) is 67.8 cm³/mol. The number of nitriles is 1. The van der Waals surface area contributed by atoms with E-state index in [0.717, 1.165) is 31.7 Å². The van der Waals surface area contributed by atoms with E-state index >= 15 is 0 Å². The minimum Gasteiger partial charge on any atom is -0.399 e. The molecule has 0 bridgehead atoms. The van der Waals surface area contributed by atoms with Crippen LogP contribution in [0.3, 0.4) is 0 Å². The highest BCUT2D eigenvalue weighted by molar-refractivity contribution is 5.64. The zero-order valence-electron chi connectivity index (χ0n) is 10.0. The predicted octanol–water partition coefficient (Wildman–Crippen LogP) is 1.76. The van der Waals surface area contributed by atoms with Crippen LogP contribution in [-0.4, -0.2) is 26.3 Å². The van der Waals surface area contributed by atoms with Gasteiger partial charge >= 0.3 is 0 Å². The molecule has 1 heterocycles. The molecule has 17 heavy (non-hydrogen) atoms. The Kier molecular flexibility index (Phi) is 3.50. The lowest BCUT2D eigenvalue weighted by molar-refractivity contribution is 0.0855. The molecule has 1 aromatic carbocycles. The van der Waals surface area contributed by atoms with E-state index in [4.69, 9.17) is 15.7 Å². The van der Waals surface area contributed by atoms with Gasteiger partial charge in [0.15, 0.2) is 0 Å². The average molecular weight is 231 g/mol. The minimum absolute atomic E-state index is 0.444. The fraction of sp³-hybridized carbons (Fsp3) is 0.462. The van der Waals surface area contributed by atoms with Gasteiger partial charge in [0.25, 0.3) is 0 Å². The van der Waals surface area contributed by atoms with E-state index in [1.165, 1.54) is 0 Å². The van der Waals surface area contributed by atoms with Gasteiger partial charge in [-0.25, -0.2) is 0 Å². The van der Waals surface area contributed by atoms with E-state index in [-0.39, 0.29) is 0 Å². The molecule has 0 saturated carbocycles. The molecule has 0 aliphatic carbocycles. The summed E-state index contributed by atoms with van der Waals surface area (Å²) in [5.74, 6) is 0. The molecule has 0 radical (unpaired) electrons. The van der Waals surface area contributed by atoms with E-state index in [9.17, 15) is 0 Å². The maximum atomic E-state index is 9.13. The minimum atomic E-state index is 0.444. The van der Waals surface area contributed by atoms with Crippen molar-refractivity contribution in [1.82, 2.24) is 0 Å². The summed E-state index contributed by atoms with van der Waals surface area (Å²) in [5.41, 5.74) is 7.91. The Morgan fingerprint density at radius 2 is 2.12 bits per heavy atom. The first-order valence-corrected chi connectivity index (χ1v) is 5.82. The highest BCUT2D eigenvalue weighted by Crippen LogP contribution is 2.26. The average Bonchev–Trinajstić information content (AvgIpc) is 2.39. The molecule has 0 aromatic heterocycles. The van der Waals surface area contributed by atoms with Gasteiger partial charge in [-0.1, -0.05) is 0 Å². The molecule has 1 fully saturated rings. The quantitative estimate of drug-likeness (QED) is 0.788. The van der Waals surface area contributed by atoms with E-state index in [0.29, 0.717) is 17.3 Å². The van der Waals surface area contributed by atoms with Crippen LogP contribution in [0, 0.1) is 11.3 Å². The summed E-state index contributed by atoms with van der Waals surface area (Å²) in [7, 11) is 2.03. The van der Waals surface area contributed by atoms with Crippen LogP contribution in [0.1, 0.15) is 18.4 Å². The molecular formula is C13H17N3O. The smallest absolute Gasteiger partial charge is 0.101 e. The van der Waals surface area contributed by atoms with Crippen LogP contribution in [0.5, 0.6) is 0 Å². The van der Waals surface area contributed by atoms with Crippen LogP contribution in [0.15, 0.2) is 18.2 Å². The van der Waals surface area contributed by atoms with Crippen molar-refractivity contribution in [1.29, 1.82) is 5.26 Å². The highest BCUT2D eigenvalue weighted by atomic mass is 16.5. The molecule has 0 amide bonds. The van der Waals surface area contributed by atoms with Crippen molar-refractivity contribution in [3.63, 3.8) is 0 Å². The summed E-state index contributed by atoms with van der Waals surface area (Å²) < 4.78 is 5.35. The largest absolute Gasteiger partial charge is 0.399 e. The Labute approximate surface area is 102 Å². The van der Waals surface area contributed by atoms with Crippen molar-refractivity contribution in [2.45, 2.75) is 18.9 Å². The second-order valence-electron chi connectivity index (χ2n) is 4.34. The summed E-state index contributed by atoms with van der Waals surface area (Å²) in [4.78, 5) is 2.17. The first-order chi connectivity index (χ1) is 8.22. The van der Waals surface area contributed by atoms with Gasteiger partial charge in [-0.3, -0.25) is 0 Å². The number of nitrogen functional groups attached to an aromatic ring is 1. The van der Waals surface area contributed by atoms with Crippen molar-refractivity contribution in [3.8, 4) is 6.07 Å². The van der Waals surface area contributed by atoms with Gasteiger partial charge < -0.3 is 15.4 Å². The molecule has 0 spiro atoms. The van der Waals surface area contributed by atoms with Gasteiger partial charge in [0.1, 0.15) is 6.07 Å². The number of benzene rings is 1. The van der Waals surface area contributed by atoms with Gasteiger partial charge in [0, 0.05) is 32.0 Å². The molecule has 1 aromatic rings. The van der Waals surface area contributed by atoms with E-state index in [2.05, 4.69) is 11.0 Å². The number of hydrogen-bond donors (Lipinski definition) is 1. The standard InChI is InChI=1S/C13H17N3O/c1-16(12-4-6-17-7-5-12)13-3-2-11(15)8-10(13)9-14/h2-3,8,12H,4-7,15H2,1H3. The fourth-order valence-electron chi connectivity index (χ4n) is 2.22. The number of nitrogens with zero attached hydrogens (tertiary/aromatic N) is 2. The first kappa shape index (κ1) is 11.7. The first-order valence-electron chi connectivity index (χ1n) is 5.82. The van der Waals surface area contributed by atoms with Crippen LogP contribution >= 0.6 is 0 Å². The van der Waals surface area contributed by atoms with Crippen LogP contribution in [0.4, 0.5) is 11.4 Å². The molecular weight excluding hydrogens is 214 g/mol. The summed E-state index contributed by atoms with van der Waals surface area (Å²) in [6.45, 7) is 1.59. The summed E-state index contributed by atoms with van der Waals surface area (Å²) in [6, 6.07) is 8.13. The number of rotatable bonds is 2. The van der Waals surface area contributed by atoms with Crippen molar-refractivity contribution in [2.75, 3.05) is 30.9 Å². The third-order valence-corrected chi connectivity index (χ3v) is 3.26. The monoisotopic (exact) mass is 231 g/mol. The summed E-state index contributed by atoms with van der Waals surface area (Å²) >= 11 is 0. The third kappa shape index (κ3) is 2.51. The molecule has 2 N–H and O–H groups in total. The van der Waals surface area contributed by atoms with Crippen molar-refractivity contribution in [2.24, 2.45) is 0 Å². The lowest BCUT2D eigenvalue weighted by Gasteiger charge is -2.33. The Morgan fingerprint density at radius 1 is 1.41 bits per heavy atom. The lowest BCUT2D eigenvalue weighted by Crippen LogP contribution is -2.37. The molecule has 2 rings (SSSR count). The molecule has 1 aliphatic rings. The van der Waals surface area contributed by atoms with Gasteiger partial charge in [-0.05, 0) is 31.0 Å². The van der Waals surface area contributed by atoms with E-state index in [1.807, 2.05) is 19.2 Å². The SMILES string of the molecule is CN(c1ccc(N)cc1C#N)C1CCOCC1. The molecule has 0 atom stereocenters. The second-order valence-corrected chi connectivity index (χ2v) is 4.34. The Hall–Kier alpha value is -1.73. The lowest BCUT2D eigenvalue weighted by atomic mass is 10.0. The van der Waals surface area contributed by atoms with E-state index in [1.54, 1.807) is 6.07 Å². The van der Waals surface area contributed by atoms with Crippen LogP contribution in [0.2, 0.25) is 0 Å². The number of anilines is 2. The van der Waals surface area contributed by atoms with Gasteiger partial charge in [0.05, 0.1) is 11.3 Å². The van der Waals surface area contributed by atoms with Crippen LogP contribution in [0.25, 0.3) is 0 Å². The van der Waals surface area contributed by atoms with E-state index < -0.39 is 0 Å². The second kappa shape index (κ2) is 5.07. The number of ether oxygens (including phenoxy) is 1. The third-order valence-electron chi connectivity index (χ3n) is 3.26. The number of nitrogens with two attached hydrogens (primary N) is 1. The fourth-order valence-corrected chi connectivity index (χ4v) is 2.22. The Bertz CT molecular complexity index is 433. The zero-order chi connectivity index (χ0) is 12.3. The maximum Gasteiger partial charge on any atom is 0.101 e. The molecule has 90 valence electrons. The molecule has 1 aliphatic heterocycles. The van der Waals surface area contributed by atoms with Crippen molar-refractivity contribution in [3.05, 3.63) is 23.8 Å². The van der Waals surface area contributed by atoms with Crippen molar-refractivity contribution >= 4 is 11.4 Å². The van der Waals surface area contributed by atoms with Crippen LogP contribution in [-0.2, 0) is 4.74 Å². The summed E-state index contributed by atoms with van der Waals surface area (Å²) in [6.07, 6.45) is 2.01.